The summed E-state index contributed by atoms with van der Waals surface area (Å²) in [6.45, 7) is 5.56. The van der Waals surface area contributed by atoms with E-state index in [2.05, 4.69) is 18.6 Å². The van der Waals surface area contributed by atoms with Crippen LogP contribution in [-0.2, 0) is 4.74 Å². The largest absolute Gasteiger partial charge is 0.418 e. The summed E-state index contributed by atoms with van der Waals surface area (Å²) in [6.07, 6.45) is 7.05. The van der Waals surface area contributed by atoms with Gasteiger partial charge in [0.25, 0.3) is 0 Å². The van der Waals surface area contributed by atoms with E-state index in [1.54, 1.807) is 4.90 Å². The first kappa shape index (κ1) is 17.7. The third-order valence-electron chi connectivity index (χ3n) is 3.01. The van der Waals surface area contributed by atoms with Gasteiger partial charge in [-0.25, -0.2) is 9.59 Å². The zero-order chi connectivity index (χ0) is 14.5. The molecular formula is C14H28N2O3. The number of rotatable bonds is 10. The summed E-state index contributed by atoms with van der Waals surface area (Å²) in [5.41, 5.74) is 4.88. The number of unbranched alkanes of at least 4 members (excludes halogenated alkanes) is 6. The molecule has 0 saturated heterocycles. The molecule has 0 heterocycles. The predicted octanol–water partition coefficient (Wildman–Crippen LogP) is 3.66. The number of carbonyl (C=O) groups is 2. The van der Waals surface area contributed by atoms with E-state index in [1.807, 2.05) is 0 Å². The maximum Gasteiger partial charge on any atom is 0.418 e. The molecule has 0 atom stereocenters. The van der Waals surface area contributed by atoms with Crippen molar-refractivity contribution in [2.75, 3.05) is 13.1 Å². The number of nitrogens with two attached hydrogens (primary N) is 1. The molecule has 0 aliphatic carbocycles. The van der Waals surface area contributed by atoms with E-state index in [0.717, 1.165) is 51.4 Å². The molecule has 0 spiro atoms. The fourth-order valence-corrected chi connectivity index (χ4v) is 1.90. The summed E-state index contributed by atoms with van der Waals surface area (Å²) in [5.74, 6) is 0. The average Bonchev–Trinajstić information content (AvgIpc) is 2.36. The van der Waals surface area contributed by atoms with Crippen molar-refractivity contribution in [1.29, 1.82) is 0 Å². The lowest BCUT2D eigenvalue weighted by molar-refractivity contribution is 0.120. The molecule has 0 saturated carbocycles. The first-order chi connectivity index (χ1) is 9.11. The van der Waals surface area contributed by atoms with E-state index in [0.29, 0.717) is 13.1 Å². The van der Waals surface area contributed by atoms with Crippen LogP contribution >= 0.6 is 0 Å². The van der Waals surface area contributed by atoms with Crippen molar-refractivity contribution in [3.63, 3.8) is 0 Å². The number of carbonyl (C=O) groups excluding carboxylic acids is 2. The lowest BCUT2D eigenvalue weighted by Crippen LogP contribution is -2.36. The highest BCUT2D eigenvalue weighted by Gasteiger charge is 2.16. The molecule has 0 unspecified atom stereocenters. The van der Waals surface area contributed by atoms with Crippen LogP contribution in [0.25, 0.3) is 0 Å². The second-order valence-electron chi connectivity index (χ2n) is 4.80. The summed E-state index contributed by atoms with van der Waals surface area (Å²) in [6, 6.07) is 0. The fraction of sp³-hybridized carbons (Fsp3) is 0.857. The molecule has 0 aromatic carbocycles. The quantitative estimate of drug-likeness (QED) is 0.487. The lowest BCUT2D eigenvalue weighted by atomic mass is 10.2. The highest BCUT2D eigenvalue weighted by atomic mass is 16.6. The van der Waals surface area contributed by atoms with Crippen LogP contribution in [-0.4, -0.2) is 30.2 Å². The minimum absolute atomic E-state index is 0.611. The lowest BCUT2D eigenvalue weighted by Gasteiger charge is -2.21. The Hall–Kier alpha value is -1.26. The summed E-state index contributed by atoms with van der Waals surface area (Å²) in [4.78, 5) is 23.9. The van der Waals surface area contributed by atoms with Crippen LogP contribution in [0.15, 0.2) is 0 Å². The van der Waals surface area contributed by atoms with Gasteiger partial charge in [0, 0.05) is 13.1 Å². The number of amides is 2. The van der Waals surface area contributed by atoms with E-state index >= 15 is 0 Å². The van der Waals surface area contributed by atoms with Gasteiger partial charge in [0.2, 0.25) is 0 Å². The molecule has 0 fully saturated rings. The molecule has 112 valence electrons. The Bertz CT molecular complexity index is 245. The molecule has 5 heteroatoms. The van der Waals surface area contributed by atoms with Crippen LogP contribution in [0.1, 0.15) is 65.2 Å². The topological polar surface area (TPSA) is 72.6 Å². The predicted molar refractivity (Wildman–Crippen MR) is 75.9 cm³/mol. The van der Waals surface area contributed by atoms with Gasteiger partial charge in [0.05, 0.1) is 0 Å². The fourth-order valence-electron chi connectivity index (χ4n) is 1.90. The van der Waals surface area contributed by atoms with Gasteiger partial charge in [-0.15, -0.1) is 0 Å². The van der Waals surface area contributed by atoms with Crippen molar-refractivity contribution in [1.82, 2.24) is 4.90 Å². The first-order valence-corrected chi connectivity index (χ1v) is 7.38. The van der Waals surface area contributed by atoms with Crippen molar-refractivity contribution in [3.8, 4) is 0 Å². The standard InChI is InChI=1S/C14H28N2O3/c1-3-5-7-9-11-16(12-10-8-6-4-2)14(18)19-13(15)17/h3-12H2,1-2H3,(H2,15,17). The molecule has 2 amide bonds. The molecule has 0 aromatic rings. The summed E-state index contributed by atoms with van der Waals surface area (Å²) < 4.78 is 4.45. The van der Waals surface area contributed by atoms with Gasteiger partial charge < -0.3 is 15.4 Å². The van der Waals surface area contributed by atoms with Gasteiger partial charge >= 0.3 is 12.2 Å². The zero-order valence-electron chi connectivity index (χ0n) is 12.3. The van der Waals surface area contributed by atoms with Crippen molar-refractivity contribution in [2.45, 2.75) is 65.2 Å². The van der Waals surface area contributed by atoms with Gasteiger partial charge in [-0.05, 0) is 12.8 Å². The third kappa shape index (κ3) is 10.4. The van der Waals surface area contributed by atoms with Crippen LogP contribution < -0.4 is 5.73 Å². The number of nitrogens with zero attached hydrogens (tertiary/aromatic N) is 1. The van der Waals surface area contributed by atoms with E-state index < -0.39 is 12.2 Å². The van der Waals surface area contributed by atoms with E-state index in [4.69, 9.17) is 5.73 Å². The molecule has 5 nitrogen and oxygen atoms in total. The second kappa shape index (κ2) is 11.8. The Labute approximate surface area is 116 Å². The Morgan fingerprint density at radius 3 is 1.74 bits per heavy atom. The SMILES string of the molecule is CCCCCCN(CCCCCC)C(=O)OC(N)=O. The smallest absolute Gasteiger partial charge is 0.359 e. The summed E-state index contributed by atoms with van der Waals surface area (Å²) in [7, 11) is 0. The molecule has 0 radical (unpaired) electrons. The Morgan fingerprint density at radius 1 is 0.895 bits per heavy atom. The van der Waals surface area contributed by atoms with Gasteiger partial charge in [-0.2, -0.15) is 0 Å². The zero-order valence-corrected chi connectivity index (χ0v) is 12.3. The number of hydrogen-bond acceptors (Lipinski definition) is 3. The van der Waals surface area contributed by atoms with Gasteiger partial charge in [-0.1, -0.05) is 52.4 Å². The molecule has 0 rings (SSSR count). The molecular weight excluding hydrogens is 244 g/mol. The molecule has 2 N–H and O–H groups in total. The Morgan fingerprint density at radius 2 is 1.37 bits per heavy atom. The highest BCUT2D eigenvalue weighted by Crippen LogP contribution is 2.06. The molecule has 0 bridgehead atoms. The van der Waals surface area contributed by atoms with E-state index in [1.165, 1.54) is 0 Å². The number of primary amides is 1. The molecule has 19 heavy (non-hydrogen) atoms. The Balaban J connectivity index is 4.05. The van der Waals surface area contributed by atoms with Crippen LogP contribution in [0.5, 0.6) is 0 Å². The number of hydrogen-bond donors (Lipinski definition) is 1. The van der Waals surface area contributed by atoms with Crippen LogP contribution in [0.2, 0.25) is 0 Å². The van der Waals surface area contributed by atoms with Crippen LogP contribution in [0, 0.1) is 0 Å². The third-order valence-corrected chi connectivity index (χ3v) is 3.01. The average molecular weight is 272 g/mol. The molecule has 0 aliphatic rings. The van der Waals surface area contributed by atoms with Crippen molar-refractivity contribution >= 4 is 12.2 Å². The maximum atomic E-state index is 11.7. The second-order valence-corrected chi connectivity index (χ2v) is 4.80. The van der Waals surface area contributed by atoms with Gasteiger partial charge in [0.15, 0.2) is 0 Å². The maximum absolute atomic E-state index is 11.7. The molecule has 0 aliphatic heterocycles. The summed E-state index contributed by atoms with van der Waals surface area (Å²) in [5, 5.41) is 0. The molecule has 0 aromatic heterocycles. The minimum Gasteiger partial charge on any atom is -0.359 e. The normalized spacial score (nSPS) is 10.2. The monoisotopic (exact) mass is 272 g/mol. The minimum atomic E-state index is -1.03. The van der Waals surface area contributed by atoms with Crippen LogP contribution in [0.3, 0.4) is 0 Å². The summed E-state index contributed by atoms with van der Waals surface area (Å²) >= 11 is 0. The van der Waals surface area contributed by atoms with Gasteiger partial charge in [-0.3, -0.25) is 0 Å². The highest BCUT2D eigenvalue weighted by molar-refractivity contribution is 5.82. The number of ether oxygens (including phenoxy) is 1. The van der Waals surface area contributed by atoms with Crippen LogP contribution in [0.4, 0.5) is 9.59 Å². The van der Waals surface area contributed by atoms with Gasteiger partial charge in [0.1, 0.15) is 0 Å². The van der Waals surface area contributed by atoms with Crippen molar-refractivity contribution in [2.24, 2.45) is 5.73 Å². The van der Waals surface area contributed by atoms with E-state index in [9.17, 15) is 9.59 Å². The van der Waals surface area contributed by atoms with Crippen molar-refractivity contribution in [3.05, 3.63) is 0 Å². The van der Waals surface area contributed by atoms with E-state index in [-0.39, 0.29) is 0 Å². The Kier molecular flexibility index (Phi) is 11.0. The first-order valence-electron chi connectivity index (χ1n) is 7.38. The van der Waals surface area contributed by atoms with Crippen molar-refractivity contribution < 1.29 is 14.3 Å².